The molecule has 0 spiro atoms. The highest BCUT2D eigenvalue weighted by molar-refractivity contribution is 5.78. The highest BCUT2D eigenvalue weighted by atomic mass is 16.1. The van der Waals surface area contributed by atoms with Crippen molar-refractivity contribution in [2.24, 2.45) is 5.92 Å². The Morgan fingerprint density at radius 3 is 2.60 bits per heavy atom. The van der Waals surface area contributed by atoms with E-state index in [-0.39, 0.29) is 0 Å². The number of carbonyl (C=O) groups excluding carboxylic acids is 1. The molecule has 1 aliphatic rings. The minimum Gasteiger partial charge on any atom is -0.317 e. The SMILES string of the molecule is CCCCCCC(=O)CC1CCNCC1. The fourth-order valence-corrected chi connectivity index (χ4v) is 2.26. The van der Waals surface area contributed by atoms with Crippen LogP contribution in [0.2, 0.25) is 0 Å². The molecule has 0 unspecified atom stereocenters. The lowest BCUT2D eigenvalue weighted by Gasteiger charge is -2.21. The van der Waals surface area contributed by atoms with Gasteiger partial charge in [-0.05, 0) is 38.3 Å². The number of carbonyl (C=O) groups is 1. The van der Waals surface area contributed by atoms with Crippen LogP contribution in [-0.2, 0) is 4.79 Å². The molecule has 0 aliphatic carbocycles. The number of Topliss-reactive ketones (excluding diaryl/α,β-unsaturated/α-hetero) is 1. The highest BCUT2D eigenvalue weighted by Crippen LogP contribution is 2.17. The number of unbranched alkanes of at least 4 members (excludes halogenated alkanes) is 3. The van der Waals surface area contributed by atoms with Gasteiger partial charge in [-0.3, -0.25) is 4.79 Å². The van der Waals surface area contributed by atoms with Crippen molar-refractivity contribution >= 4 is 5.78 Å². The third-order valence-corrected chi connectivity index (χ3v) is 3.28. The summed E-state index contributed by atoms with van der Waals surface area (Å²) in [5.41, 5.74) is 0. The topological polar surface area (TPSA) is 29.1 Å². The number of nitrogens with one attached hydrogen (secondary N) is 1. The number of piperidine rings is 1. The van der Waals surface area contributed by atoms with E-state index < -0.39 is 0 Å². The maximum absolute atomic E-state index is 11.7. The number of hydrogen-bond donors (Lipinski definition) is 1. The standard InChI is InChI=1S/C13H25NO/c1-2-3-4-5-6-13(15)11-12-7-9-14-10-8-12/h12,14H,2-11H2,1H3. The van der Waals surface area contributed by atoms with Crippen molar-refractivity contribution in [3.8, 4) is 0 Å². The van der Waals surface area contributed by atoms with Gasteiger partial charge in [0, 0.05) is 12.8 Å². The summed E-state index contributed by atoms with van der Waals surface area (Å²) in [5.74, 6) is 1.17. The molecule has 1 heterocycles. The molecule has 88 valence electrons. The zero-order valence-electron chi connectivity index (χ0n) is 10.1. The summed E-state index contributed by atoms with van der Waals surface area (Å²) in [6, 6.07) is 0. The predicted octanol–water partition coefficient (Wildman–Crippen LogP) is 2.92. The Hall–Kier alpha value is -0.370. The first kappa shape index (κ1) is 12.7. The van der Waals surface area contributed by atoms with Crippen LogP contribution in [0.25, 0.3) is 0 Å². The summed E-state index contributed by atoms with van der Waals surface area (Å²) in [6.07, 6.45) is 8.92. The van der Waals surface area contributed by atoms with Crippen molar-refractivity contribution in [3.63, 3.8) is 0 Å². The van der Waals surface area contributed by atoms with Crippen LogP contribution in [-0.4, -0.2) is 18.9 Å². The van der Waals surface area contributed by atoms with Gasteiger partial charge in [-0.25, -0.2) is 0 Å². The second-order valence-corrected chi connectivity index (χ2v) is 4.75. The second kappa shape index (κ2) is 7.86. The van der Waals surface area contributed by atoms with E-state index in [2.05, 4.69) is 12.2 Å². The van der Waals surface area contributed by atoms with Crippen LogP contribution in [0.3, 0.4) is 0 Å². The summed E-state index contributed by atoms with van der Waals surface area (Å²) < 4.78 is 0. The van der Waals surface area contributed by atoms with Gasteiger partial charge in [0.2, 0.25) is 0 Å². The van der Waals surface area contributed by atoms with Crippen LogP contribution < -0.4 is 5.32 Å². The van der Waals surface area contributed by atoms with Crippen LogP contribution in [0, 0.1) is 5.92 Å². The Balaban J connectivity index is 2.01. The average Bonchev–Trinajstić information content (AvgIpc) is 2.26. The zero-order chi connectivity index (χ0) is 10.9. The summed E-state index contributed by atoms with van der Waals surface area (Å²) in [7, 11) is 0. The Morgan fingerprint density at radius 1 is 1.20 bits per heavy atom. The van der Waals surface area contributed by atoms with E-state index >= 15 is 0 Å². The molecular weight excluding hydrogens is 186 g/mol. The van der Waals surface area contributed by atoms with E-state index in [0.29, 0.717) is 11.7 Å². The van der Waals surface area contributed by atoms with Gasteiger partial charge in [-0.2, -0.15) is 0 Å². The predicted molar refractivity (Wildman–Crippen MR) is 64.0 cm³/mol. The molecule has 0 aromatic carbocycles. The third-order valence-electron chi connectivity index (χ3n) is 3.28. The average molecular weight is 211 g/mol. The van der Waals surface area contributed by atoms with Gasteiger partial charge < -0.3 is 5.32 Å². The molecule has 0 aromatic heterocycles. The van der Waals surface area contributed by atoms with Gasteiger partial charge in [-0.15, -0.1) is 0 Å². The van der Waals surface area contributed by atoms with Crippen molar-refractivity contribution < 1.29 is 4.79 Å². The van der Waals surface area contributed by atoms with E-state index in [4.69, 9.17) is 0 Å². The molecule has 0 atom stereocenters. The van der Waals surface area contributed by atoms with Crippen LogP contribution >= 0.6 is 0 Å². The van der Waals surface area contributed by atoms with E-state index in [1.165, 1.54) is 32.1 Å². The maximum atomic E-state index is 11.7. The summed E-state index contributed by atoms with van der Waals surface area (Å²) in [4.78, 5) is 11.7. The van der Waals surface area contributed by atoms with Crippen molar-refractivity contribution in [1.82, 2.24) is 5.32 Å². The molecule has 0 aromatic rings. The minimum atomic E-state index is 0.498. The molecule has 1 fully saturated rings. The first-order chi connectivity index (χ1) is 7.33. The van der Waals surface area contributed by atoms with E-state index in [1.54, 1.807) is 0 Å². The highest BCUT2D eigenvalue weighted by Gasteiger charge is 2.16. The molecule has 1 rings (SSSR count). The summed E-state index contributed by atoms with van der Waals surface area (Å²) in [6.45, 7) is 4.42. The maximum Gasteiger partial charge on any atom is 0.133 e. The van der Waals surface area contributed by atoms with Gasteiger partial charge in [0.25, 0.3) is 0 Å². The van der Waals surface area contributed by atoms with Crippen molar-refractivity contribution in [3.05, 3.63) is 0 Å². The van der Waals surface area contributed by atoms with Gasteiger partial charge in [-0.1, -0.05) is 26.2 Å². The fraction of sp³-hybridized carbons (Fsp3) is 0.923. The lowest BCUT2D eigenvalue weighted by molar-refractivity contribution is -0.120. The Morgan fingerprint density at radius 2 is 1.93 bits per heavy atom. The zero-order valence-corrected chi connectivity index (χ0v) is 10.1. The molecule has 1 saturated heterocycles. The minimum absolute atomic E-state index is 0.498. The molecule has 0 radical (unpaired) electrons. The lowest BCUT2D eigenvalue weighted by atomic mass is 9.91. The van der Waals surface area contributed by atoms with Gasteiger partial charge in [0.05, 0.1) is 0 Å². The van der Waals surface area contributed by atoms with Gasteiger partial charge in [0.1, 0.15) is 5.78 Å². The third kappa shape index (κ3) is 5.93. The quantitative estimate of drug-likeness (QED) is 0.656. The van der Waals surface area contributed by atoms with Crippen molar-refractivity contribution in [1.29, 1.82) is 0 Å². The van der Waals surface area contributed by atoms with Crippen molar-refractivity contribution in [2.75, 3.05) is 13.1 Å². The first-order valence-electron chi connectivity index (χ1n) is 6.55. The molecular formula is C13H25NO. The molecule has 2 heteroatoms. The number of hydrogen-bond acceptors (Lipinski definition) is 2. The van der Waals surface area contributed by atoms with Gasteiger partial charge in [0.15, 0.2) is 0 Å². The van der Waals surface area contributed by atoms with E-state index in [1.807, 2.05) is 0 Å². The molecule has 2 nitrogen and oxygen atoms in total. The molecule has 0 saturated carbocycles. The van der Waals surface area contributed by atoms with Crippen LogP contribution in [0.15, 0.2) is 0 Å². The van der Waals surface area contributed by atoms with E-state index in [0.717, 1.165) is 32.4 Å². The Labute approximate surface area is 93.8 Å². The number of ketones is 1. The molecule has 0 amide bonds. The van der Waals surface area contributed by atoms with Gasteiger partial charge >= 0.3 is 0 Å². The van der Waals surface area contributed by atoms with Crippen molar-refractivity contribution in [2.45, 2.75) is 58.3 Å². The second-order valence-electron chi connectivity index (χ2n) is 4.75. The van der Waals surface area contributed by atoms with Crippen LogP contribution in [0.4, 0.5) is 0 Å². The molecule has 15 heavy (non-hydrogen) atoms. The lowest BCUT2D eigenvalue weighted by Crippen LogP contribution is -2.28. The summed E-state index contributed by atoms with van der Waals surface area (Å²) >= 11 is 0. The largest absolute Gasteiger partial charge is 0.317 e. The normalized spacial score (nSPS) is 17.9. The van der Waals surface area contributed by atoms with Crippen LogP contribution in [0.5, 0.6) is 0 Å². The Kier molecular flexibility index (Phi) is 6.66. The summed E-state index contributed by atoms with van der Waals surface area (Å²) in [5, 5.41) is 3.34. The number of rotatable bonds is 7. The smallest absolute Gasteiger partial charge is 0.133 e. The van der Waals surface area contributed by atoms with E-state index in [9.17, 15) is 4.79 Å². The Bertz CT molecular complexity index is 173. The molecule has 1 aliphatic heterocycles. The molecule has 1 N–H and O–H groups in total. The monoisotopic (exact) mass is 211 g/mol. The molecule has 0 bridgehead atoms. The van der Waals surface area contributed by atoms with Crippen LogP contribution in [0.1, 0.15) is 58.3 Å². The fourth-order valence-electron chi connectivity index (χ4n) is 2.26. The first-order valence-corrected chi connectivity index (χ1v) is 6.55.